The molecule has 2 aromatic rings. The van der Waals surface area contributed by atoms with Gasteiger partial charge in [-0.15, -0.1) is 0 Å². The van der Waals surface area contributed by atoms with Crippen molar-refractivity contribution in [2.75, 3.05) is 13.7 Å². The molecular formula is C19H26N2O4. The van der Waals surface area contributed by atoms with Crippen LogP contribution < -0.4 is 10.1 Å². The number of aromatic nitrogens is 1. The SMILES string of the molecule is CCCC(CNC(=O)c1cccc(OCc2c(C)noc2C)c1)OC. The minimum absolute atomic E-state index is 0.0351. The van der Waals surface area contributed by atoms with Gasteiger partial charge in [0, 0.05) is 19.2 Å². The summed E-state index contributed by atoms with van der Waals surface area (Å²) in [5.41, 5.74) is 2.30. The Morgan fingerprint density at radius 1 is 1.36 bits per heavy atom. The lowest BCUT2D eigenvalue weighted by molar-refractivity contribution is 0.0794. The van der Waals surface area contributed by atoms with Gasteiger partial charge in [0.1, 0.15) is 18.1 Å². The van der Waals surface area contributed by atoms with E-state index in [-0.39, 0.29) is 12.0 Å². The first-order chi connectivity index (χ1) is 12.0. The van der Waals surface area contributed by atoms with Crippen LogP contribution in [0.15, 0.2) is 28.8 Å². The second kappa shape index (κ2) is 9.22. The van der Waals surface area contributed by atoms with E-state index in [0.29, 0.717) is 24.5 Å². The molecule has 0 aliphatic carbocycles. The van der Waals surface area contributed by atoms with Crippen molar-refractivity contribution in [3.63, 3.8) is 0 Å². The van der Waals surface area contributed by atoms with Crippen LogP contribution in [0, 0.1) is 13.8 Å². The number of carbonyl (C=O) groups excluding carboxylic acids is 1. The lowest BCUT2D eigenvalue weighted by Crippen LogP contribution is -2.33. The Balaban J connectivity index is 1.94. The highest BCUT2D eigenvalue weighted by molar-refractivity contribution is 5.94. The molecule has 0 aliphatic heterocycles. The fourth-order valence-corrected chi connectivity index (χ4v) is 2.52. The average molecular weight is 346 g/mol. The van der Waals surface area contributed by atoms with Gasteiger partial charge in [0.25, 0.3) is 5.91 Å². The molecule has 1 atom stereocenters. The smallest absolute Gasteiger partial charge is 0.251 e. The standard InChI is InChI=1S/C19H26N2O4/c1-5-7-17(23-4)11-20-19(22)15-8-6-9-16(10-15)24-12-18-13(2)21-25-14(18)3/h6,8-10,17H,5,7,11-12H2,1-4H3,(H,20,22). The summed E-state index contributed by atoms with van der Waals surface area (Å²) < 4.78 is 16.3. The zero-order valence-corrected chi connectivity index (χ0v) is 15.3. The van der Waals surface area contributed by atoms with Crippen LogP contribution >= 0.6 is 0 Å². The van der Waals surface area contributed by atoms with Crippen molar-refractivity contribution in [2.24, 2.45) is 0 Å². The van der Waals surface area contributed by atoms with Gasteiger partial charge in [-0.1, -0.05) is 24.6 Å². The van der Waals surface area contributed by atoms with Gasteiger partial charge in [0.2, 0.25) is 0 Å². The number of benzene rings is 1. The summed E-state index contributed by atoms with van der Waals surface area (Å²) in [4.78, 5) is 12.3. The van der Waals surface area contributed by atoms with Crippen molar-refractivity contribution in [3.05, 3.63) is 46.8 Å². The third-order valence-corrected chi connectivity index (χ3v) is 4.09. The van der Waals surface area contributed by atoms with Crippen LogP contribution in [0.25, 0.3) is 0 Å². The molecule has 0 fully saturated rings. The van der Waals surface area contributed by atoms with Gasteiger partial charge >= 0.3 is 0 Å². The summed E-state index contributed by atoms with van der Waals surface area (Å²) in [5, 5.41) is 6.81. The van der Waals surface area contributed by atoms with E-state index in [2.05, 4.69) is 17.4 Å². The van der Waals surface area contributed by atoms with Gasteiger partial charge in [-0.25, -0.2) is 0 Å². The number of nitrogens with one attached hydrogen (secondary N) is 1. The summed E-state index contributed by atoms with van der Waals surface area (Å²) in [6.07, 6.45) is 1.96. The number of hydrogen-bond acceptors (Lipinski definition) is 5. The maximum Gasteiger partial charge on any atom is 0.251 e. The summed E-state index contributed by atoms with van der Waals surface area (Å²) in [6, 6.07) is 7.12. The molecule has 6 heteroatoms. The Hall–Kier alpha value is -2.34. The monoisotopic (exact) mass is 346 g/mol. The summed E-state index contributed by atoms with van der Waals surface area (Å²) in [6.45, 7) is 6.67. The molecule has 1 amide bonds. The zero-order valence-electron chi connectivity index (χ0n) is 15.3. The summed E-state index contributed by atoms with van der Waals surface area (Å²) in [7, 11) is 1.66. The van der Waals surface area contributed by atoms with Crippen LogP contribution in [0.4, 0.5) is 0 Å². The summed E-state index contributed by atoms with van der Waals surface area (Å²) >= 11 is 0. The molecule has 136 valence electrons. The van der Waals surface area contributed by atoms with Crippen LogP contribution in [0.3, 0.4) is 0 Å². The van der Waals surface area contributed by atoms with Crippen LogP contribution in [-0.4, -0.2) is 30.8 Å². The molecule has 1 aromatic carbocycles. The van der Waals surface area contributed by atoms with E-state index in [0.717, 1.165) is 29.9 Å². The number of carbonyl (C=O) groups is 1. The van der Waals surface area contributed by atoms with Gasteiger partial charge in [-0.3, -0.25) is 4.79 Å². The predicted molar refractivity (Wildman–Crippen MR) is 94.8 cm³/mol. The molecule has 0 aliphatic rings. The molecule has 0 saturated carbocycles. The molecule has 25 heavy (non-hydrogen) atoms. The number of amides is 1. The van der Waals surface area contributed by atoms with Gasteiger partial charge < -0.3 is 19.3 Å². The van der Waals surface area contributed by atoms with Crippen molar-refractivity contribution < 1.29 is 18.8 Å². The van der Waals surface area contributed by atoms with E-state index in [1.165, 1.54) is 0 Å². The number of hydrogen-bond donors (Lipinski definition) is 1. The molecule has 0 radical (unpaired) electrons. The molecule has 1 aromatic heterocycles. The lowest BCUT2D eigenvalue weighted by atomic mass is 10.1. The van der Waals surface area contributed by atoms with E-state index >= 15 is 0 Å². The maximum absolute atomic E-state index is 12.3. The number of rotatable bonds is 9. The van der Waals surface area contributed by atoms with Gasteiger partial charge in [-0.05, 0) is 38.5 Å². The fourth-order valence-electron chi connectivity index (χ4n) is 2.52. The minimum atomic E-state index is -0.138. The van der Waals surface area contributed by atoms with Gasteiger partial charge in [0.05, 0.1) is 17.4 Å². The van der Waals surface area contributed by atoms with E-state index < -0.39 is 0 Å². The third kappa shape index (κ3) is 5.32. The average Bonchev–Trinajstić information content (AvgIpc) is 2.94. The first kappa shape index (κ1) is 19.0. The second-order valence-corrected chi connectivity index (χ2v) is 5.98. The molecule has 0 spiro atoms. The highest BCUT2D eigenvalue weighted by Crippen LogP contribution is 2.18. The highest BCUT2D eigenvalue weighted by atomic mass is 16.5. The molecule has 0 bridgehead atoms. The third-order valence-electron chi connectivity index (χ3n) is 4.09. The Kier molecular flexibility index (Phi) is 7.01. The number of methoxy groups -OCH3 is 1. The largest absolute Gasteiger partial charge is 0.489 e. The normalized spacial score (nSPS) is 12.0. The van der Waals surface area contributed by atoms with Crippen LogP contribution in [0.5, 0.6) is 5.75 Å². The molecule has 6 nitrogen and oxygen atoms in total. The Morgan fingerprint density at radius 3 is 2.80 bits per heavy atom. The predicted octanol–water partition coefficient (Wildman–Crippen LogP) is 3.42. The quantitative estimate of drug-likeness (QED) is 0.753. The van der Waals surface area contributed by atoms with Crippen molar-refractivity contribution in [3.8, 4) is 5.75 Å². The molecule has 2 rings (SSSR count). The van der Waals surface area contributed by atoms with Crippen molar-refractivity contribution in [2.45, 2.75) is 46.3 Å². The molecule has 0 saturated heterocycles. The summed E-state index contributed by atoms with van der Waals surface area (Å²) in [5.74, 6) is 1.23. The number of aryl methyl sites for hydroxylation is 2. The number of ether oxygens (including phenoxy) is 2. The molecular weight excluding hydrogens is 320 g/mol. The molecule has 1 heterocycles. The van der Waals surface area contributed by atoms with E-state index in [1.807, 2.05) is 19.9 Å². The first-order valence-electron chi connectivity index (χ1n) is 8.50. The Bertz CT molecular complexity index is 677. The van der Waals surface area contributed by atoms with Crippen molar-refractivity contribution in [1.29, 1.82) is 0 Å². The van der Waals surface area contributed by atoms with Crippen LogP contribution in [-0.2, 0) is 11.3 Å². The molecule has 1 unspecified atom stereocenters. The van der Waals surface area contributed by atoms with Crippen LogP contribution in [0.2, 0.25) is 0 Å². The lowest BCUT2D eigenvalue weighted by Gasteiger charge is -2.15. The van der Waals surface area contributed by atoms with Gasteiger partial charge in [-0.2, -0.15) is 0 Å². The van der Waals surface area contributed by atoms with Crippen LogP contribution in [0.1, 0.15) is 47.1 Å². The Morgan fingerprint density at radius 2 is 2.16 bits per heavy atom. The van der Waals surface area contributed by atoms with Crippen molar-refractivity contribution >= 4 is 5.91 Å². The molecule has 1 N–H and O–H groups in total. The maximum atomic E-state index is 12.3. The minimum Gasteiger partial charge on any atom is -0.489 e. The zero-order chi connectivity index (χ0) is 18.2. The highest BCUT2D eigenvalue weighted by Gasteiger charge is 2.12. The first-order valence-corrected chi connectivity index (χ1v) is 8.50. The van der Waals surface area contributed by atoms with Crippen molar-refractivity contribution in [1.82, 2.24) is 10.5 Å². The second-order valence-electron chi connectivity index (χ2n) is 5.98. The van der Waals surface area contributed by atoms with Gasteiger partial charge in [0.15, 0.2) is 0 Å². The van der Waals surface area contributed by atoms with E-state index in [9.17, 15) is 4.79 Å². The van der Waals surface area contributed by atoms with E-state index in [4.69, 9.17) is 14.0 Å². The number of nitrogens with zero attached hydrogens (tertiary/aromatic N) is 1. The topological polar surface area (TPSA) is 73.6 Å². The van der Waals surface area contributed by atoms with E-state index in [1.54, 1.807) is 25.3 Å². The fraction of sp³-hybridized carbons (Fsp3) is 0.474. The Labute approximate surface area is 148 Å².